The number of likely N-dealkylation sites (tertiary alicyclic amines) is 1. The number of nitrogens with two attached hydrogens (primary N) is 1. The SMILES string of the molecule is Nc1ncc(/C=C/C(=O)NC2CCN(CC(=O)NC3CC3)CC2)cn1. The average Bonchev–Trinajstić information content (AvgIpc) is 3.40. The molecule has 0 spiro atoms. The highest BCUT2D eigenvalue weighted by molar-refractivity contribution is 5.91. The van der Waals surface area contributed by atoms with Crippen molar-refractivity contribution < 1.29 is 9.59 Å². The molecule has 1 aromatic heterocycles. The Labute approximate surface area is 146 Å². The Kier molecular flexibility index (Phi) is 5.60. The van der Waals surface area contributed by atoms with Crippen LogP contribution in [0.2, 0.25) is 0 Å². The molecule has 134 valence electrons. The number of nitrogen functional groups attached to an aromatic ring is 1. The summed E-state index contributed by atoms with van der Waals surface area (Å²) in [5.74, 6) is 0.180. The number of carbonyl (C=O) groups is 2. The number of hydrogen-bond acceptors (Lipinski definition) is 6. The Morgan fingerprint density at radius 2 is 1.76 bits per heavy atom. The third-order valence-electron chi connectivity index (χ3n) is 4.36. The summed E-state index contributed by atoms with van der Waals surface area (Å²) >= 11 is 0. The predicted molar refractivity (Wildman–Crippen MR) is 94.2 cm³/mol. The maximum atomic E-state index is 12.0. The Bertz CT molecular complexity index is 633. The second kappa shape index (κ2) is 8.06. The second-order valence-electron chi connectivity index (χ2n) is 6.61. The molecule has 2 amide bonds. The number of carbonyl (C=O) groups excluding carboxylic acids is 2. The molecular weight excluding hydrogens is 320 g/mol. The van der Waals surface area contributed by atoms with Crippen molar-refractivity contribution in [1.29, 1.82) is 0 Å². The van der Waals surface area contributed by atoms with E-state index in [0.29, 0.717) is 12.6 Å². The first-order valence-electron chi connectivity index (χ1n) is 8.66. The van der Waals surface area contributed by atoms with Crippen LogP contribution in [0, 0.1) is 0 Å². The Hall–Kier alpha value is -2.48. The molecule has 1 aliphatic heterocycles. The quantitative estimate of drug-likeness (QED) is 0.623. The predicted octanol–water partition coefficient (Wildman–Crippen LogP) is -0.0688. The van der Waals surface area contributed by atoms with Crippen LogP contribution in [0.25, 0.3) is 6.08 Å². The molecule has 1 aromatic rings. The molecular formula is C17H24N6O2. The first-order valence-corrected chi connectivity index (χ1v) is 8.66. The van der Waals surface area contributed by atoms with Gasteiger partial charge in [-0.15, -0.1) is 0 Å². The van der Waals surface area contributed by atoms with E-state index < -0.39 is 0 Å². The summed E-state index contributed by atoms with van der Waals surface area (Å²) in [6.45, 7) is 2.09. The van der Waals surface area contributed by atoms with Gasteiger partial charge in [0.25, 0.3) is 0 Å². The molecule has 0 aromatic carbocycles. The van der Waals surface area contributed by atoms with Crippen LogP contribution < -0.4 is 16.4 Å². The zero-order valence-corrected chi connectivity index (χ0v) is 14.1. The second-order valence-corrected chi connectivity index (χ2v) is 6.61. The molecule has 1 saturated carbocycles. The minimum absolute atomic E-state index is 0.110. The van der Waals surface area contributed by atoms with Crippen LogP contribution in [0.5, 0.6) is 0 Å². The van der Waals surface area contributed by atoms with E-state index in [-0.39, 0.29) is 23.8 Å². The van der Waals surface area contributed by atoms with Crippen molar-refractivity contribution in [3.63, 3.8) is 0 Å². The molecule has 2 fully saturated rings. The summed E-state index contributed by atoms with van der Waals surface area (Å²) in [6.07, 6.45) is 10.2. The van der Waals surface area contributed by atoms with Crippen molar-refractivity contribution in [2.24, 2.45) is 0 Å². The Morgan fingerprint density at radius 1 is 1.12 bits per heavy atom. The topological polar surface area (TPSA) is 113 Å². The van der Waals surface area contributed by atoms with E-state index in [1.54, 1.807) is 18.5 Å². The van der Waals surface area contributed by atoms with Gasteiger partial charge in [0.1, 0.15) is 0 Å². The fourth-order valence-electron chi connectivity index (χ4n) is 2.79. The highest BCUT2D eigenvalue weighted by Gasteiger charge is 2.26. The normalized spacial score (nSPS) is 19.0. The number of piperidine rings is 1. The van der Waals surface area contributed by atoms with E-state index in [0.717, 1.165) is 44.3 Å². The van der Waals surface area contributed by atoms with E-state index in [9.17, 15) is 9.59 Å². The van der Waals surface area contributed by atoms with Crippen molar-refractivity contribution in [2.45, 2.75) is 37.8 Å². The maximum Gasteiger partial charge on any atom is 0.244 e. The molecule has 1 aliphatic carbocycles. The number of hydrogen-bond donors (Lipinski definition) is 3. The molecule has 0 unspecified atom stereocenters. The Balaban J connectivity index is 1.37. The largest absolute Gasteiger partial charge is 0.368 e. The molecule has 8 heteroatoms. The van der Waals surface area contributed by atoms with Crippen LogP contribution in [0.4, 0.5) is 5.95 Å². The van der Waals surface area contributed by atoms with Gasteiger partial charge in [0.2, 0.25) is 17.8 Å². The molecule has 0 bridgehead atoms. The van der Waals surface area contributed by atoms with Crippen LogP contribution in [0.1, 0.15) is 31.2 Å². The lowest BCUT2D eigenvalue weighted by atomic mass is 10.0. The van der Waals surface area contributed by atoms with Gasteiger partial charge in [0.05, 0.1) is 6.54 Å². The zero-order valence-electron chi connectivity index (χ0n) is 14.1. The number of rotatable bonds is 6. The summed E-state index contributed by atoms with van der Waals surface area (Å²) in [4.78, 5) is 33.7. The minimum atomic E-state index is -0.137. The fraction of sp³-hybridized carbons (Fsp3) is 0.529. The summed E-state index contributed by atoms with van der Waals surface area (Å²) in [5.41, 5.74) is 6.14. The number of amides is 2. The van der Waals surface area contributed by atoms with E-state index in [1.807, 2.05) is 0 Å². The lowest BCUT2D eigenvalue weighted by molar-refractivity contribution is -0.123. The number of nitrogens with zero attached hydrogens (tertiary/aromatic N) is 3. The highest BCUT2D eigenvalue weighted by atomic mass is 16.2. The van der Waals surface area contributed by atoms with Crippen molar-refractivity contribution in [1.82, 2.24) is 25.5 Å². The van der Waals surface area contributed by atoms with Crippen molar-refractivity contribution in [3.05, 3.63) is 24.0 Å². The molecule has 1 saturated heterocycles. The number of nitrogens with one attached hydrogen (secondary N) is 2. The van der Waals surface area contributed by atoms with Crippen LogP contribution in [-0.4, -0.2) is 58.4 Å². The minimum Gasteiger partial charge on any atom is -0.368 e. The van der Waals surface area contributed by atoms with Gasteiger partial charge >= 0.3 is 0 Å². The van der Waals surface area contributed by atoms with Crippen LogP contribution >= 0.6 is 0 Å². The van der Waals surface area contributed by atoms with Gasteiger partial charge in [-0.25, -0.2) is 9.97 Å². The number of aromatic nitrogens is 2. The molecule has 3 rings (SSSR count). The van der Waals surface area contributed by atoms with Crippen LogP contribution in [0.15, 0.2) is 18.5 Å². The smallest absolute Gasteiger partial charge is 0.244 e. The standard InChI is InChI=1S/C17H24N6O2/c18-17-19-9-12(10-20-17)1-4-15(24)21-14-5-7-23(8-6-14)11-16(25)22-13-2-3-13/h1,4,9-10,13-14H,2-3,5-8,11H2,(H,21,24)(H,22,25)(H2,18,19,20)/b4-1+. The van der Waals surface area contributed by atoms with E-state index in [2.05, 4.69) is 25.5 Å². The summed E-state index contributed by atoms with van der Waals surface area (Å²) < 4.78 is 0. The summed E-state index contributed by atoms with van der Waals surface area (Å²) in [5, 5.41) is 6.00. The molecule has 2 aliphatic rings. The molecule has 0 radical (unpaired) electrons. The summed E-state index contributed by atoms with van der Waals surface area (Å²) in [7, 11) is 0. The molecule has 0 atom stereocenters. The highest BCUT2D eigenvalue weighted by Crippen LogP contribution is 2.18. The lowest BCUT2D eigenvalue weighted by Gasteiger charge is -2.31. The van der Waals surface area contributed by atoms with Gasteiger partial charge in [-0.2, -0.15) is 0 Å². The third-order valence-corrected chi connectivity index (χ3v) is 4.36. The molecule has 8 nitrogen and oxygen atoms in total. The monoisotopic (exact) mass is 344 g/mol. The molecule has 2 heterocycles. The van der Waals surface area contributed by atoms with Gasteiger partial charge in [-0.05, 0) is 31.8 Å². The van der Waals surface area contributed by atoms with Gasteiger partial charge in [-0.1, -0.05) is 0 Å². The van der Waals surface area contributed by atoms with Gasteiger partial charge < -0.3 is 16.4 Å². The lowest BCUT2D eigenvalue weighted by Crippen LogP contribution is -2.47. The van der Waals surface area contributed by atoms with Crippen molar-refractivity contribution >= 4 is 23.8 Å². The first kappa shape index (κ1) is 17.3. The van der Waals surface area contributed by atoms with Crippen LogP contribution in [0.3, 0.4) is 0 Å². The van der Waals surface area contributed by atoms with Gasteiger partial charge in [0, 0.05) is 49.2 Å². The first-order chi connectivity index (χ1) is 12.1. The fourth-order valence-corrected chi connectivity index (χ4v) is 2.79. The molecule has 4 N–H and O–H groups in total. The average molecular weight is 344 g/mol. The van der Waals surface area contributed by atoms with Gasteiger partial charge in [-0.3, -0.25) is 14.5 Å². The molecule has 25 heavy (non-hydrogen) atoms. The van der Waals surface area contributed by atoms with Crippen molar-refractivity contribution in [2.75, 3.05) is 25.4 Å². The third kappa shape index (κ3) is 5.82. The van der Waals surface area contributed by atoms with Gasteiger partial charge in [0.15, 0.2) is 0 Å². The zero-order chi connectivity index (χ0) is 17.6. The van der Waals surface area contributed by atoms with Crippen molar-refractivity contribution in [3.8, 4) is 0 Å². The van der Waals surface area contributed by atoms with Crippen LogP contribution in [-0.2, 0) is 9.59 Å². The number of anilines is 1. The van der Waals surface area contributed by atoms with E-state index >= 15 is 0 Å². The Morgan fingerprint density at radius 3 is 2.40 bits per heavy atom. The van der Waals surface area contributed by atoms with E-state index in [4.69, 9.17) is 5.73 Å². The maximum absolute atomic E-state index is 12.0. The van der Waals surface area contributed by atoms with E-state index in [1.165, 1.54) is 6.08 Å². The summed E-state index contributed by atoms with van der Waals surface area (Å²) in [6, 6.07) is 0.546.